The Kier molecular flexibility index (Phi) is 3.78. The van der Waals surface area contributed by atoms with Crippen molar-refractivity contribution >= 4 is 29.8 Å². The molecule has 0 fully saturated rings. The lowest BCUT2D eigenvalue weighted by atomic mass is 10.2. The molecule has 0 atom stereocenters. The predicted octanol–water partition coefficient (Wildman–Crippen LogP) is 1.72. The smallest absolute Gasteiger partial charge is 0.230 e. The second-order valence-electron chi connectivity index (χ2n) is 2.91. The van der Waals surface area contributed by atoms with Crippen LogP contribution in [0.25, 0.3) is 0 Å². The van der Waals surface area contributed by atoms with E-state index in [0.29, 0.717) is 12.1 Å². The molecule has 0 spiro atoms. The minimum atomic E-state index is -4.78. The number of halogens is 4. The lowest BCUT2D eigenvalue weighted by Gasteiger charge is -2.08. The van der Waals surface area contributed by atoms with Gasteiger partial charge >= 0.3 is 26.0 Å². The van der Waals surface area contributed by atoms with Gasteiger partial charge in [0.1, 0.15) is 4.90 Å². The molecular weight excluding hydrogens is 378 g/mol. The summed E-state index contributed by atoms with van der Waals surface area (Å²) in [6, 6.07) is 1.29. The molecule has 1 aromatic rings. The van der Waals surface area contributed by atoms with Crippen LogP contribution in [0.3, 0.4) is 0 Å². The Morgan fingerprint density at radius 1 is 1.18 bits per heavy atom. The lowest BCUT2D eigenvalue weighted by Crippen LogP contribution is -2.16. The summed E-state index contributed by atoms with van der Waals surface area (Å²) in [5, 5.41) is 4.66. The second-order valence-corrected chi connectivity index (χ2v) is 6.84. The van der Waals surface area contributed by atoms with Crippen LogP contribution in [0.5, 0.6) is 0 Å². The van der Waals surface area contributed by atoms with Gasteiger partial charge < -0.3 is 0 Å². The van der Waals surface area contributed by atoms with Crippen LogP contribution in [-0.2, 0) is 22.3 Å². The van der Waals surface area contributed by atoms with Crippen molar-refractivity contribution in [1.29, 1.82) is 0 Å². The molecule has 17 heavy (non-hydrogen) atoms. The van der Waals surface area contributed by atoms with E-state index in [9.17, 15) is 27.7 Å². The molecule has 0 aliphatic carbocycles. The van der Waals surface area contributed by atoms with Gasteiger partial charge in [-0.25, -0.2) is 19.7 Å². The molecule has 0 heterocycles. The maximum absolute atomic E-state index is 12.3. The minimum Gasteiger partial charge on any atom is -0.230 e. The van der Waals surface area contributed by atoms with Gasteiger partial charge in [-0.05, 0) is 18.2 Å². The molecule has 10 heteroatoms. The number of alkyl halides is 3. The van der Waals surface area contributed by atoms with Crippen molar-refractivity contribution in [3.8, 4) is 0 Å². The molecule has 0 unspecified atom stereocenters. The molecule has 0 saturated carbocycles. The van der Waals surface area contributed by atoms with E-state index in [0.717, 1.165) is 0 Å². The van der Waals surface area contributed by atoms with E-state index in [1.165, 1.54) is 0 Å². The second kappa shape index (κ2) is 4.49. The van der Waals surface area contributed by atoms with Crippen LogP contribution in [0, 0.1) is 3.57 Å². The average molecular weight is 383 g/mol. The van der Waals surface area contributed by atoms with Crippen molar-refractivity contribution in [1.82, 2.24) is 0 Å². The Labute approximate surface area is 101 Å². The molecule has 0 bridgehead atoms. The van der Waals surface area contributed by atoms with Gasteiger partial charge in [-0.3, -0.25) is 0 Å². The molecule has 5 nitrogen and oxygen atoms in total. The summed E-state index contributed by atoms with van der Waals surface area (Å²) in [5.41, 5.74) is -1.28. The Balaban J connectivity index is 3.63. The highest BCUT2D eigenvalue weighted by atomic mass is 127. The van der Waals surface area contributed by atoms with Crippen LogP contribution < -0.4 is 5.14 Å². The predicted molar refractivity (Wildman–Crippen MR) is 56.9 cm³/mol. The molecule has 0 aliphatic rings. The van der Waals surface area contributed by atoms with E-state index in [1.54, 1.807) is 0 Å². The molecule has 0 aromatic heterocycles. The van der Waals surface area contributed by atoms with Crippen LogP contribution in [-0.4, -0.2) is 8.42 Å². The third-order valence-electron chi connectivity index (χ3n) is 1.73. The summed E-state index contributed by atoms with van der Waals surface area (Å²) >= 11 is -4.24. The molecule has 96 valence electrons. The number of hydrogen-bond donors (Lipinski definition) is 1. The first-order valence-electron chi connectivity index (χ1n) is 3.83. The molecule has 0 amide bonds. The summed E-state index contributed by atoms with van der Waals surface area (Å²) in [7, 11) is -4.52. The van der Waals surface area contributed by atoms with Crippen molar-refractivity contribution in [2.24, 2.45) is 5.14 Å². The Morgan fingerprint density at radius 2 is 1.71 bits per heavy atom. The van der Waals surface area contributed by atoms with Crippen molar-refractivity contribution in [2.45, 2.75) is 11.1 Å². The normalized spacial score (nSPS) is 13.0. The third-order valence-corrected chi connectivity index (χ3v) is 4.94. The van der Waals surface area contributed by atoms with Crippen molar-refractivity contribution in [2.75, 3.05) is 0 Å². The van der Waals surface area contributed by atoms with Crippen LogP contribution in [0.1, 0.15) is 5.56 Å². The summed E-state index contributed by atoms with van der Waals surface area (Å²) in [6.07, 6.45) is -4.78. The third kappa shape index (κ3) is 3.35. The van der Waals surface area contributed by atoms with Crippen LogP contribution >= 0.6 is 19.8 Å². The maximum Gasteiger partial charge on any atom is 0.416 e. The summed E-state index contributed by atoms with van der Waals surface area (Å²) in [6.45, 7) is 0. The molecular formula is C7H5F3INO4S. The van der Waals surface area contributed by atoms with Gasteiger partial charge in [0, 0.05) is 0 Å². The number of hydrogen-bond acceptors (Lipinski definition) is 4. The quantitative estimate of drug-likeness (QED) is 0.787. The zero-order valence-electron chi connectivity index (χ0n) is 7.86. The fraction of sp³-hybridized carbons (Fsp3) is 0.143. The van der Waals surface area contributed by atoms with E-state index in [2.05, 4.69) is 5.14 Å². The molecule has 1 aromatic carbocycles. The summed E-state index contributed by atoms with van der Waals surface area (Å²) in [5.74, 6) is 0. The van der Waals surface area contributed by atoms with E-state index < -0.39 is 50.0 Å². The Bertz CT molecular complexity index is 612. The first-order valence-corrected chi connectivity index (χ1v) is 8.21. The van der Waals surface area contributed by atoms with Gasteiger partial charge in [-0.15, -0.1) is 0 Å². The largest absolute Gasteiger partial charge is 0.416 e. The molecule has 1 rings (SSSR count). The van der Waals surface area contributed by atoms with E-state index in [-0.39, 0.29) is 6.07 Å². The monoisotopic (exact) mass is 383 g/mol. The molecule has 0 radical (unpaired) electrons. The maximum atomic E-state index is 12.3. The van der Waals surface area contributed by atoms with Gasteiger partial charge in [-0.2, -0.15) is 13.2 Å². The topological polar surface area (TPSA) is 94.3 Å². The Hall–Kier alpha value is -0.750. The number of sulfonamides is 1. The molecule has 2 N–H and O–H groups in total. The van der Waals surface area contributed by atoms with E-state index in [1.807, 2.05) is 0 Å². The molecule has 0 saturated heterocycles. The zero-order chi connectivity index (χ0) is 13.4. The van der Waals surface area contributed by atoms with Crippen molar-refractivity contribution < 1.29 is 27.7 Å². The number of primary sulfonamides is 1. The Morgan fingerprint density at radius 3 is 2.06 bits per heavy atom. The number of nitrogens with two attached hydrogens (primary N) is 1. The zero-order valence-corrected chi connectivity index (χ0v) is 10.8. The van der Waals surface area contributed by atoms with Gasteiger partial charge in [0.2, 0.25) is 10.0 Å². The van der Waals surface area contributed by atoms with Gasteiger partial charge in [0.15, 0.2) is 0 Å². The number of rotatable bonds is 2. The molecule has 0 aliphatic heterocycles. The minimum absolute atomic E-state index is 0.213. The highest BCUT2D eigenvalue weighted by molar-refractivity contribution is 14.2. The van der Waals surface area contributed by atoms with Crippen LogP contribution in [0.4, 0.5) is 13.2 Å². The first kappa shape index (κ1) is 14.3. The SMILES string of the molecule is NS(=O)(=O)c1cc(C(F)(F)F)ccc1I(=O)=O. The van der Waals surface area contributed by atoms with Crippen LogP contribution in [0.15, 0.2) is 23.1 Å². The van der Waals surface area contributed by atoms with E-state index in [4.69, 9.17) is 0 Å². The fourth-order valence-corrected chi connectivity index (χ4v) is 4.06. The van der Waals surface area contributed by atoms with Gasteiger partial charge in [0.25, 0.3) is 0 Å². The van der Waals surface area contributed by atoms with Gasteiger partial charge in [0.05, 0.1) is 9.13 Å². The lowest BCUT2D eigenvalue weighted by molar-refractivity contribution is -0.137. The first-order chi connectivity index (χ1) is 7.53. The highest BCUT2D eigenvalue weighted by Crippen LogP contribution is 2.33. The van der Waals surface area contributed by atoms with Gasteiger partial charge in [-0.1, -0.05) is 0 Å². The van der Waals surface area contributed by atoms with Crippen LogP contribution in [0.2, 0.25) is 0 Å². The summed E-state index contributed by atoms with van der Waals surface area (Å²) < 4.78 is 79.8. The summed E-state index contributed by atoms with van der Waals surface area (Å²) in [4.78, 5) is -1.03. The standard InChI is InChI=1S/C7H5F3INO4S/c8-7(9,10)4-1-2-5(11(13)14)6(3-4)17(12,15)16/h1-3H,(H2,12,15,16). The number of benzene rings is 1. The average Bonchev–Trinajstić information content (AvgIpc) is 2.14. The van der Waals surface area contributed by atoms with Crippen molar-refractivity contribution in [3.05, 3.63) is 27.3 Å². The highest BCUT2D eigenvalue weighted by Gasteiger charge is 2.32. The fourth-order valence-electron chi connectivity index (χ4n) is 1.03. The van der Waals surface area contributed by atoms with E-state index >= 15 is 0 Å². The van der Waals surface area contributed by atoms with Crippen molar-refractivity contribution in [3.63, 3.8) is 0 Å².